The van der Waals surface area contributed by atoms with E-state index < -0.39 is 17.7 Å². The zero-order valence-corrected chi connectivity index (χ0v) is 18.8. The number of carbonyl (C=O) groups excluding carboxylic acids is 1. The molecule has 1 saturated heterocycles. The van der Waals surface area contributed by atoms with Gasteiger partial charge in [0.1, 0.15) is 6.61 Å². The molecule has 4 aromatic rings. The number of anilines is 1. The Balaban J connectivity index is 1.39. The Kier molecular flexibility index (Phi) is 5.72. The van der Waals surface area contributed by atoms with E-state index >= 15 is 0 Å². The molecule has 3 aromatic carbocycles. The van der Waals surface area contributed by atoms with Crippen LogP contribution < -0.4 is 5.32 Å². The molecule has 1 fully saturated rings. The third kappa shape index (κ3) is 4.59. The molecule has 6 nitrogen and oxygen atoms in total. The standard InChI is InChI=1S/C26H22F3N3O3/c1-17-10-22(30-15-25(16-35-25)26(27,28)29)21-13-31-32(23(21)11-17)20-9-5-8-19(12-20)24(33)34-14-18-6-3-2-4-7-18/h2-13,30H,14-16H2,1H3. The molecule has 0 amide bonds. The maximum Gasteiger partial charge on any atom is 0.421 e. The Morgan fingerprint density at radius 1 is 1.14 bits per heavy atom. The van der Waals surface area contributed by atoms with E-state index in [1.165, 1.54) is 0 Å². The van der Waals surface area contributed by atoms with Gasteiger partial charge in [0.25, 0.3) is 0 Å². The monoisotopic (exact) mass is 481 g/mol. The fraction of sp³-hybridized carbons (Fsp3) is 0.231. The number of hydrogen-bond donors (Lipinski definition) is 1. The number of nitrogens with one attached hydrogen (secondary N) is 1. The van der Waals surface area contributed by atoms with Crippen molar-refractivity contribution in [2.75, 3.05) is 18.5 Å². The Bertz CT molecular complexity index is 1380. The van der Waals surface area contributed by atoms with Crippen LogP contribution >= 0.6 is 0 Å². The van der Waals surface area contributed by atoms with Crippen LogP contribution in [0.15, 0.2) is 72.9 Å². The summed E-state index contributed by atoms with van der Waals surface area (Å²) in [6.07, 6.45) is -2.85. The average molecular weight is 481 g/mol. The molecule has 0 bridgehead atoms. The average Bonchev–Trinajstić information content (AvgIpc) is 3.54. The quantitative estimate of drug-likeness (QED) is 0.282. The first-order chi connectivity index (χ1) is 16.8. The summed E-state index contributed by atoms with van der Waals surface area (Å²) in [5.41, 5.74) is 1.80. The van der Waals surface area contributed by atoms with Crippen molar-refractivity contribution in [3.63, 3.8) is 0 Å². The number of alkyl halides is 3. The van der Waals surface area contributed by atoms with Gasteiger partial charge in [-0.15, -0.1) is 0 Å². The lowest BCUT2D eigenvalue weighted by atomic mass is 10.1. The Hall–Kier alpha value is -3.85. The van der Waals surface area contributed by atoms with E-state index in [2.05, 4.69) is 10.4 Å². The highest BCUT2D eigenvalue weighted by Gasteiger charge is 2.65. The summed E-state index contributed by atoms with van der Waals surface area (Å²) in [5, 5.41) is 7.99. The minimum absolute atomic E-state index is 0.159. The summed E-state index contributed by atoms with van der Waals surface area (Å²) in [6, 6.07) is 19.9. The first kappa shape index (κ1) is 22.9. The van der Waals surface area contributed by atoms with Gasteiger partial charge in [-0.2, -0.15) is 18.3 Å². The molecule has 0 spiro atoms. The second kappa shape index (κ2) is 8.74. The summed E-state index contributed by atoms with van der Waals surface area (Å²) >= 11 is 0. The van der Waals surface area contributed by atoms with Crippen LogP contribution in [0, 0.1) is 6.92 Å². The first-order valence-corrected chi connectivity index (χ1v) is 11.0. The highest BCUT2D eigenvalue weighted by molar-refractivity contribution is 5.94. The lowest BCUT2D eigenvalue weighted by Gasteiger charge is -2.18. The maximum atomic E-state index is 13.3. The number of ether oxygens (including phenoxy) is 2. The van der Waals surface area contributed by atoms with Gasteiger partial charge in [0.15, 0.2) is 0 Å². The zero-order chi connectivity index (χ0) is 24.6. The van der Waals surface area contributed by atoms with E-state index in [1.54, 1.807) is 41.2 Å². The van der Waals surface area contributed by atoms with E-state index in [0.29, 0.717) is 27.8 Å². The number of epoxide rings is 1. The molecule has 1 N–H and O–H groups in total. The lowest BCUT2D eigenvalue weighted by molar-refractivity contribution is -0.179. The van der Waals surface area contributed by atoms with Gasteiger partial charge in [-0.3, -0.25) is 0 Å². The van der Waals surface area contributed by atoms with Gasteiger partial charge < -0.3 is 14.8 Å². The number of benzene rings is 3. The van der Waals surface area contributed by atoms with E-state index in [0.717, 1.165) is 11.1 Å². The Morgan fingerprint density at radius 3 is 2.63 bits per heavy atom. The van der Waals surface area contributed by atoms with Crippen molar-refractivity contribution < 1.29 is 27.4 Å². The largest absolute Gasteiger partial charge is 0.457 e. The fourth-order valence-corrected chi connectivity index (χ4v) is 3.88. The number of halogens is 3. The second-order valence-corrected chi connectivity index (χ2v) is 8.55. The molecule has 5 rings (SSSR count). The first-order valence-electron chi connectivity index (χ1n) is 11.0. The number of fused-ring (bicyclic) bond motifs is 1. The van der Waals surface area contributed by atoms with E-state index in [4.69, 9.17) is 9.47 Å². The fourth-order valence-electron chi connectivity index (χ4n) is 3.88. The van der Waals surface area contributed by atoms with Crippen molar-refractivity contribution in [2.45, 2.75) is 25.3 Å². The molecule has 35 heavy (non-hydrogen) atoms. The van der Waals surface area contributed by atoms with Crippen molar-refractivity contribution in [3.05, 3.63) is 89.6 Å². The topological polar surface area (TPSA) is 68.7 Å². The van der Waals surface area contributed by atoms with Crippen LogP contribution in [0.5, 0.6) is 0 Å². The number of esters is 1. The summed E-state index contributed by atoms with van der Waals surface area (Å²) in [5.74, 6) is -0.465. The van der Waals surface area contributed by atoms with Gasteiger partial charge in [-0.05, 0) is 48.4 Å². The van der Waals surface area contributed by atoms with E-state index in [9.17, 15) is 18.0 Å². The van der Waals surface area contributed by atoms with Crippen molar-refractivity contribution in [2.24, 2.45) is 0 Å². The van der Waals surface area contributed by atoms with Crippen molar-refractivity contribution in [1.29, 1.82) is 0 Å². The number of rotatable bonds is 7. The molecule has 2 heterocycles. The van der Waals surface area contributed by atoms with Gasteiger partial charge in [0.05, 0.1) is 36.1 Å². The van der Waals surface area contributed by atoms with E-state index in [-0.39, 0.29) is 19.8 Å². The van der Waals surface area contributed by atoms with Crippen LogP contribution in [0.25, 0.3) is 16.6 Å². The number of nitrogens with zero attached hydrogens (tertiary/aromatic N) is 2. The minimum atomic E-state index is -4.44. The van der Waals surface area contributed by atoms with Crippen LogP contribution in [0.1, 0.15) is 21.5 Å². The lowest BCUT2D eigenvalue weighted by Crippen LogP contribution is -2.39. The number of carbonyl (C=O) groups is 1. The van der Waals surface area contributed by atoms with Crippen LogP contribution in [0.4, 0.5) is 18.9 Å². The molecule has 1 unspecified atom stereocenters. The van der Waals surface area contributed by atoms with Crippen molar-refractivity contribution >= 4 is 22.6 Å². The molecule has 180 valence electrons. The number of aryl methyl sites for hydroxylation is 1. The number of hydrogen-bond acceptors (Lipinski definition) is 5. The Labute approximate surface area is 199 Å². The molecule has 9 heteroatoms. The summed E-state index contributed by atoms with van der Waals surface area (Å²) in [7, 11) is 0. The molecular formula is C26H22F3N3O3. The Morgan fingerprint density at radius 2 is 1.91 bits per heavy atom. The summed E-state index contributed by atoms with van der Waals surface area (Å²) in [6.45, 7) is 1.27. The van der Waals surface area contributed by atoms with Crippen LogP contribution in [-0.2, 0) is 16.1 Å². The predicted octanol–water partition coefficient (Wildman–Crippen LogP) is 5.43. The smallest absolute Gasteiger partial charge is 0.421 e. The molecule has 1 aliphatic heterocycles. The highest BCUT2D eigenvalue weighted by Crippen LogP contribution is 2.44. The van der Waals surface area contributed by atoms with Crippen LogP contribution in [-0.4, -0.2) is 40.7 Å². The van der Waals surface area contributed by atoms with Crippen LogP contribution in [0.3, 0.4) is 0 Å². The third-order valence-electron chi connectivity index (χ3n) is 5.95. The molecule has 1 aliphatic rings. The molecule has 1 aromatic heterocycles. The van der Waals surface area contributed by atoms with Gasteiger partial charge in [-0.1, -0.05) is 36.4 Å². The van der Waals surface area contributed by atoms with Gasteiger partial charge >= 0.3 is 12.1 Å². The van der Waals surface area contributed by atoms with Gasteiger partial charge in [0.2, 0.25) is 5.60 Å². The van der Waals surface area contributed by atoms with Crippen LogP contribution in [0.2, 0.25) is 0 Å². The third-order valence-corrected chi connectivity index (χ3v) is 5.95. The normalized spacial score (nSPS) is 17.4. The van der Waals surface area contributed by atoms with Crippen molar-refractivity contribution in [3.8, 4) is 5.69 Å². The SMILES string of the molecule is Cc1cc(NCC2(C(F)(F)F)CO2)c2cnn(-c3cccc(C(=O)OCc4ccccc4)c3)c2c1. The molecule has 0 saturated carbocycles. The maximum absolute atomic E-state index is 13.3. The van der Waals surface area contributed by atoms with Gasteiger partial charge in [0, 0.05) is 11.1 Å². The molecule has 0 radical (unpaired) electrons. The predicted molar refractivity (Wildman–Crippen MR) is 125 cm³/mol. The minimum Gasteiger partial charge on any atom is -0.457 e. The highest BCUT2D eigenvalue weighted by atomic mass is 19.4. The zero-order valence-electron chi connectivity index (χ0n) is 18.8. The van der Waals surface area contributed by atoms with Crippen molar-refractivity contribution in [1.82, 2.24) is 9.78 Å². The summed E-state index contributed by atoms with van der Waals surface area (Å²) in [4.78, 5) is 12.6. The van der Waals surface area contributed by atoms with Gasteiger partial charge in [-0.25, -0.2) is 9.48 Å². The number of aromatic nitrogens is 2. The molecular weight excluding hydrogens is 459 g/mol. The molecule has 0 aliphatic carbocycles. The van der Waals surface area contributed by atoms with E-state index in [1.807, 2.05) is 43.3 Å². The second-order valence-electron chi connectivity index (χ2n) is 8.55. The summed E-state index contributed by atoms with van der Waals surface area (Å²) < 4.78 is 51.6. The molecule has 1 atom stereocenters.